The molecule has 36 heavy (non-hydrogen) atoms. The molecule has 11 heteroatoms. The number of amides is 1. The van der Waals surface area contributed by atoms with Crippen LogP contribution in [0.2, 0.25) is 5.02 Å². The summed E-state index contributed by atoms with van der Waals surface area (Å²) in [5, 5.41) is 21.0. The average Bonchev–Trinajstić information content (AvgIpc) is 3.09. The number of rotatable bonds is 5. The van der Waals surface area contributed by atoms with E-state index in [9.17, 15) is 33.0 Å². The van der Waals surface area contributed by atoms with E-state index in [1.165, 1.54) is 61.7 Å². The van der Waals surface area contributed by atoms with Crippen molar-refractivity contribution in [3.05, 3.63) is 88.5 Å². The van der Waals surface area contributed by atoms with Crippen molar-refractivity contribution in [1.82, 2.24) is 0 Å². The van der Waals surface area contributed by atoms with Crippen LogP contribution in [0.4, 0.5) is 18.9 Å². The number of halogens is 4. The molecule has 1 heterocycles. The molecule has 2 N–H and O–H groups in total. The summed E-state index contributed by atoms with van der Waals surface area (Å²) in [6.45, 7) is 0. The minimum atomic E-state index is -4.98. The highest BCUT2D eigenvalue weighted by atomic mass is 35.5. The summed E-state index contributed by atoms with van der Waals surface area (Å²) in [6, 6.07) is 13.0. The van der Waals surface area contributed by atoms with Crippen molar-refractivity contribution in [3.63, 3.8) is 0 Å². The van der Waals surface area contributed by atoms with E-state index < -0.39 is 35.6 Å². The number of ether oxygens (including phenoxy) is 2. The number of nitrogens with zero attached hydrogens (tertiary/aromatic N) is 1. The molecule has 4 rings (SSSR count). The number of carbonyl (C=O) groups is 2. The molecule has 1 saturated heterocycles. The van der Waals surface area contributed by atoms with E-state index in [1.807, 2.05) is 0 Å². The topological polar surface area (TPSA) is 96.3 Å². The van der Waals surface area contributed by atoms with E-state index in [0.29, 0.717) is 5.75 Å². The third-order valence-electron chi connectivity index (χ3n) is 5.41. The second-order valence-corrected chi connectivity index (χ2v) is 8.06. The van der Waals surface area contributed by atoms with Crippen LogP contribution >= 0.6 is 11.6 Å². The van der Waals surface area contributed by atoms with Crippen molar-refractivity contribution in [2.75, 3.05) is 12.0 Å². The fraction of sp³-hybridized carbons (Fsp3) is 0.120. The minimum absolute atomic E-state index is 0.00644. The van der Waals surface area contributed by atoms with Gasteiger partial charge in [-0.1, -0.05) is 29.8 Å². The molecule has 0 aliphatic carbocycles. The van der Waals surface area contributed by atoms with Crippen LogP contribution in [-0.2, 0) is 9.59 Å². The number of Topliss-reactive ketones (excluding diaryl/α,β-unsaturated/α-hetero) is 1. The fourth-order valence-corrected chi connectivity index (χ4v) is 4.07. The van der Waals surface area contributed by atoms with Gasteiger partial charge in [-0.3, -0.25) is 14.5 Å². The molecule has 186 valence electrons. The van der Waals surface area contributed by atoms with Crippen LogP contribution in [0, 0.1) is 0 Å². The Hall–Kier alpha value is -4.18. The number of anilines is 1. The number of phenolic OH excluding ortho intramolecular Hbond substituents is 1. The number of hydrogen-bond donors (Lipinski definition) is 2. The summed E-state index contributed by atoms with van der Waals surface area (Å²) in [7, 11) is 1.39. The summed E-state index contributed by atoms with van der Waals surface area (Å²) in [5.41, 5.74) is -0.155. The molecule has 1 atom stereocenters. The molecule has 0 aromatic heterocycles. The first-order chi connectivity index (χ1) is 17.0. The summed E-state index contributed by atoms with van der Waals surface area (Å²) in [5.74, 6) is -3.20. The Bertz CT molecular complexity index is 1370. The lowest BCUT2D eigenvalue weighted by Crippen LogP contribution is -2.29. The lowest BCUT2D eigenvalue weighted by Gasteiger charge is -2.26. The van der Waals surface area contributed by atoms with Gasteiger partial charge in [0.25, 0.3) is 11.7 Å². The highest BCUT2D eigenvalue weighted by Crippen LogP contribution is 2.44. The number of aliphatic hydroxyl groups excluding tert-OH is 1. The summed E-state index contributed by atoms with van der Waals surface area (Å²) < 4.78 is 47.4. The molecule has 0 spiro atoms. The van der Waals surface area contributed by atoms with Gasteiger partial charge >= 0.3 is 6.36 Å². The quantitative estimate of drug-likeness (QED) is 0.259. The number of benzene rings is 3. The Morgan fingerprint density at radius 3 is 2.33 bits per heavy atom. The van der Waals surface area contributed by atoms with E-state index in [-0.39, 0.29) is 33.2 Å². The maximum Gasteiger partial charge on any atom is 0.573 e. The largest absolute Gasteiger partial charge is 0.573 e. The van der Waals surface area contributed by atoms with Crippen LogP contribution in [0.3, 0.4) is 0 Å². The fourth-order valence-electron chi connectivity index (χ4n) is 3.86. The average molecular weight is 520 g/mol. The summed E-state index contributed by atoms with van der Waals surface area (Å²) in [6.07, 6.45) is -4.98. The Kier molecular flexibility index (Phi) is 6.55. The van der Waals surface area contributed by atoms with Crippen LogP contribution in [-0.4, -0.2) is 35.4 Å². The van der Waals surface area contributed by atoms with Crippen LogP contribution in [0.25, 0.3) is 5.76 Å². The van der Waals surface area contributed by atoms with Crippen molar-refractivity contribution in [2.45, 2.75) is 12.4 Å². The zero-order valence-corrected chi connectivity index (χ0v) is 19.2. The van der Waals surface area contributed by atoms with Gasteiger partial charge in [0.05, 0.1) is 23.7 Å². The number of hydrogen-bond acceptors (Lipinski definition) is 6. The zero-order chi connectivity index (χ0) is 26.2. The first-order valence-electron chi connectivity index (χ1n) is 10.3. The lowest BCUT2D eigenvalue weighted by atomic mass is 9.95. The van der Waals surface area contributed by atoms with Crippen molar-refractivity contribution in [2.24, 2.45) is 0 Å². The number of ketones is 1. The second-order valence-electron chi connectivity index (χ2n) is 7.65. The van der Waals surface area contributed by atoms with Gasteiger partial charge < -0.3 is 19.7 Å². The van der Waals surface area contributed by atoms with Gasteiger partial charge in [-0.2, -0.15) is 0 Å². The van der Waals surface area contributed by atoms with Crippen molar-refractivity contribution < 1.29 is 42.4 Å². The van der Waals surface area contributed by atoms with Gasteiger partial charge in [-0.05, 0) is 48.0 Å². The Morgan fingerprint density at radius 1 is 1.00 bits per heavy atom. The molecule has 1 fully saturated rings. The van der Waals surface area contributed by atoms with Crippen LogP contribution in [0.15, 0.2) is 72.3 Å². The molecular formula is C25H17ClF3NO6. The van der Waals surface area contributed by atoms with E-state index >= 15 is 0 Å². The smallest absolute Gasteiger partial charge is 0.508 e. The number of methoxy groups -OCH3 is 1. The van der Waals surface area contributed by atoms with Crippen molar-refractivity contribution >= 4 is 34.7 Å². The number of alkyl halides is 3. The first kappa shape index (κ1) is 24.9. The van der Waals surface area contributed by atoms with Crippen LogP contribution in [0.5, 0.6) is 17.2 Å². The number of aliphatic hydroxyl groups is 1. The highest BCUT2D eigenvalue weighted by molar-refractivity contribution is 6.52. The van der Waals surface area contributed by atoms with Gasteiger partial charge in [0.2, 0.25) is 0 Å². The third-order valence-corrected chi connectivity index (χ3v) is 5.74. The third kappa shape index (κ3) is 4.80. The number of aromatic hydroxyl groups is 1. The first-order valence-corrected chi connectivity index (χ1v) is 10.7. The zero-order valence-electron chi connectivity index (χ0n) is 18.4. The molecule has 3 aromatic rings. The molecule has 0 saturated carbocycles. The van der Waals surface area contributed by atoms with Crippen molar-refractivity contribution in [1.29, 1.82) is 0 Å². The summed E-state index contributed by atoms with van der Waals surface area (Å²) in [4.78, 5) is 27.3. The Labute approximate surface area is 207 Å². The number of carbonyl (C=O) groups excluding carboxylic acids is 2. The monoisotopic (exact) mass is 519 g/mol. The molecule has 1 unspecified atom stereocenters. The van der Waals surface area contributed by atoms with Gasteiger partial charge in [-0.15, -0.1) is 13.2 Å². The SMILES string of the molecule is COc1ccc(Cl)c(/C(O)=C2\C(=O)C(=O)N(c3cccc(OC(F)(F)F)c3)C2c2ccc(O)cc2)c1. The number of phenols is 1. The normalized spacial score (nSPS) is 17.4. The van der Waals surface area contributed by atoms with Gasteiger partial charge in [0.1, 0.15) is 23.0 Å². The molecule has 0 bridgehead atoms. The summed E-state index contributed by atoms with van der Waals surface area (Å²) >= 11 is 6.25. The standard InChI is InChI=1S/C25H17ClF3NO6/c1-35-16-9-10-19(26)18(12-16)22(32)20-21(13-5-7-15(31)8-6-13)30(24(34)23(20)33)14-3-2-4-17(11-14)36-25(27,28)29/h2-12,21,31-32H,1H3/b22-20+. The molecule has 0 radical (unpaired) electrons. The van der Waals surface area contributed by atoms with Gasteiger partial charge in [-0.25, -0.2) is 0 Å². The maximum absolute atomic E-state index is 13.2. The van der Waals surface area contributed by atoms with Gasteiger partial charge in [0.15, 0.2) is 0 Å². The molecule has 7 nitrogen and oxygen atoms in total. The Morgan fingerprint density at radius 2 is 1.69 bits per heavy atom. The van der Waals surface area contributed by atoms with Crippen molar-refractivity contribution in [3.8, 4) is 17.2 Å². The van der Waals surface area contributed by atoms with E-state index in [4.69, 9.17) is 16.3 Å². The lowest BCUT2D eigenvalue weighted by molar-refractivity contribution is -0.274. The highest BCUT2D eigenvalue weighted by Gasteiger charge is 2.47. The predicted molar refractivity (Wildman–Crippen MR) is 124 cm³/mol. The van der Waals surface area contributed by atoms with E-state index in [0.717, 1.165) is 17.0 Å². The second kappa shape index (κ2) is 9.46. The van der Waals surface area contributed by atoms with Crippen LogP contribution in [0.1, 0.15) is 17.2 Å². The van der Waals surface area contributed by atoms with E-state index in [1.54, 1.807) is 0 Å². The van der Waals surface area contributed by atoms with Gasteiger partial charge in [0, 0.05) is 17.3 Å². The molecule has 1 amide bonds. The Balaban J connectivity index is 1.93. The van der Waals surface area contributed by atoms with E-state index in [2.05, 4.69) is 4.74 Å². The predicted octanol–water partition coefficient (Wildman–Crippen LogP) is 5.58. The molecule has 1 aliphatic rings. The minimum Gasteiger partial charge on any atom is -0.508 e. The maximum atomic E-state index is 13.2. The molecular weight excluding hydrogens is 503 g/mol. The molecule has 1 aliphatic heterocycles. The van der Waals surface area contributed by atoms with Crippen LogP contribution < -0.4 is 14.4 Å². The molecule has 3 aromatic carbocycles.